The zero-order chi connectivity index (χ0) is 20.4. The molecule has 0 N–H and O–H groups in total. The van der Waals surface area contributed by atoms with Crippen molar-refractivity contribution in [1.29, 1.82) is 0 Å². The maximum atomic E-state index is 14.4. The van der Waals surface area contributed by atoms with Gasteiger partial charge in [-0.1, -0.05) is 0 Å². The molecule has 146 valence electrons. The zero-order valence-corrected chi connectivity index (χ0v) is 16.4. The second-order valence-electron chi connectivity index (χ2n) is 7.10. The summed E-state index contributed by atoms with van der Waals surface area (Å²) in [4.78, 5) is 22.6. The number of hydrogen-bond acceptors (Lipinski definition) is 6. The Morgan fingerprint density at radius 1 is 1.35 bits per heavy atom. The van der Waals surface area contributed by atoms with Crippen LogP contribution in [-0.2, 0) is 21.1 Å². The minimum absolute atomic E-state index is 0.182. The van der Waals surface area contributed by atoms with Crippen LogP contribution in [0.3, 0.4) is 0 Å². The molecular formula is C16H23FN2O6S. The Morgan fingerprint density at radius 2 is 1.88 bits per heavy atom. The highest BCUT2D eigenvalue weighted by Crippen LogP contribution is 2.29. The second-order valence-corrected chi connectivity index (χ2v) is 9.54. The van der Waals surface area contributed by atoms with E-state index in [0.717, 1.165) is 11.0 Å². The van der Waals surface area contributed by atoms with Gasteiger partial charge in [-0.2, -0.15) is 0 Å². The van der Waals surface area contributed by atoms with E-state index in [-0.39, 0.29) is 12.1 Å². The molecule has 0 fully saturated rings. The number of amides is 1. The molecule has 0 spiro atoms. The van der Waals surface area contributed by atoms with Gasteiger partial charge < -0.3 is 9.64 Å². The van der Waals surface area contributed by atoms with Crippen molar-refractivity contribution in [2.45, 2.75) is 56.9 Å². The molecular weight excluding hydrogens is 367 g/mol. The molecule has 0 bridgehead atoms. The molecule has 0 aliphatic rings. The lowest BCUT2D eigenvalue weighted by atomic mass is 10.2. The molecule has 0 heterocycles. The van der Waals surface area contributed by atoms with E-state index < -0.39 is 48.1 Å². The van der Waals surface area contributed by atoms with Crippen LogP contribution in [0.4, 0.5) is 14.9 Å². The minimum Gasteiger partial charge on any atom is -0.444 e. The first-order valence-electron chi connectivity index (χ1n) is 7.81. The van der Waals surface area contributed by atoms with E-state index in [1.165, 1.54) is 20.9 Å². The molecule has 0 unspecified atom stereocenters. The fourth-order valence-corrected chi connectivity index (χ4v) is 3.36. The van der Waals surface area contributed by atoms with Gasteiger partial charge in [-0.15, -0.1) is 0 Å². The number of hydrogen-bond donors (Lipinski definition) is 0. The van der Waals surface area contributed by atoms with Crippen molar-refractivity contribution < 1.29 is 27.3 Å². The fraction of sp³-hybridized carbons (Fsp3) is 0.562. The van der Waals surface area contributed by atoms with Crippen LogP contribution in [0.25, 0.3) is 0 Å². The van der Waals surface area contributed by atoms with Gasteiger partial charge in [0.2, 0.25) is 0 Å². The number of halogens is 1. The van der Waals surface area contributed by atoms with Crippen LogP contribution in [-0.4, -0.2) is 42.2 Å². The van der Waals surface area contributed by atoms with Crippen molar-refractivity contribution in [2.75, 3.05) is 7.05 Å². The number of sulfone groups is 1. The number of nitro groups is 1. The molecule has 1 aromatic rings. The molecule has 0 saturated heterocycles. The average Bonchev–Trinajstić information content (AvgIpc) is 2.44. The minimum atomic E-state index is -4.06. The Balaban J connectivity index is 3.43. The van der Waals surface area contributed by atoms with Gasteiger partial charge in [0.1, 0.15) is 16.3 Å². The largest absolute Gasteiger partial charge is 0.444 e. The standard InChI is InChI=1S/C16H23FN2O6S/c1-10(2)26(23,24)14-11(7-12(19(21)22)8-13(14)17)9-18(6)15(20)25-16(3,4)5/h7-8,10H,9H2,1-6H3. The van der Waals surface area contributed by atoms with Gasteiger partial charge in [-0.25, -0.2) is 17.6 Å². The Bertz CT molecular complexity index is 815. The normalized spacial score (nSPS) is 12.2. The van der Waals surface area contributed by atoms with E-state index in [2.05, 4.69) is 0 Å². The molecule has 10 heteroatoms. The highest BCUT2D eigenvalue weighted by atomic mass is 32.2. The number of nitrogens with zero attached hydrogens (tertiary/aromatic N) is 2. The first-order valence-corrected chi connectivity index (χ1v) is 9.36. The number of carbonyl (C=O) groups excluding carboxylic acids is 1. The van der Waals surface area contributed by atoms with Gasteiger partial charge >= 0.3 is 6.09 Å². The van der Waals surface area contributed by atoms with Crippen LogP contribution >= 0.6 is 0 Å². The summed E-state index contributed by atoms with van der Waals surface area (Å²) in [6.07, 6.45) is -0.766. The fourth-order valence-electron chi connectivity index (χ4n) is 2.07. The van der Waals surface area contributed by atoms with E-state index >= 15 is 0 Å². The predicted octanol–water partition coefficient (Wildman–Crippen LogP) is 3.28. The lowest BCUT2D eigenvalue weighted by molar-refractivity contribution is -0.385. The number of non-ortho nitro benzene ring substituents is 1. The van der Waals surface area contributed by atoms with Crippen LogP contribution in [0.2, 0.25) is 0 Å². The Hall–Kier alpha value is -2.23. The van der Waals surface area contributed by atoms with Crippen molar-refractivity contribution in [3.8, 4) is 0 Å². The molecule has 0 saturated carbocycles. The summed E-state index contributed by atoms with van der Waals surface area (Å²) in [6.45, 7) is 7.34. The second kappa shape index (κ2) is 7.56. The number of ether oxygens (including phenoxy) is 1. The Kier molecular flexibility index (Phi) is 6.35. The van der Waals surface area contributed by atoms with Gasteiger partial charge in [-0.05, 0) is 34.6 Å². The molecule has 0 aliphatic carbocycles. The summed E-state index contributed by atoms with van der Waals surface area (Å²) >= 11 is 0. The van der Waals surface area contributed by atoms with Crippen LogP contribution in [0.15, 0.2) is 17.0 Å². The lowest BCUT2D eigenvalue weighted by Crippen LogP contribution is -2.34. The van der Waals surface area contributed by atoms with Crippen molar-refractivity contribution in [1.82, 2.24) is 4.90 Å². The summed E-state index contributed by atoms with van der Waals surface area (Å²) in [5.74, 6) is -1.22. The van der Waals surface area contributed by atoms with E-state index in [9.17, 15) is 27.7 Å². The Labute approximate surface area is 152 Å². The third-order valence-corrected chi connectivity index (χ3v) is 5.60. The quantitative estimate of drug-likeness (QED) is 0.564. The third kappa shape index (κ3) is 5.13. The SMILES string of the molecule is CC(C)S(=O)(=O)c1c(F)cc([N+](=O)[O-])cc1CN(C)C(=O)OC(C)(C)C. The van der Waals surface area contributed by atoms with Crippen LogP contribution < -0.4 is 0 Å². The maximum absolute atomic E-state index is 14.4. The maximum Gasteiger partial charge on any atom is 0.410 e. The van der Waals surface area contributed by atoms with Gasteiger partial charge in [0.15, 0.2) is 9.84 Å². The first-order chi connectivity index (χ1) is 11.7. The van der Waals surface area contributed by atoms with Crippen molar-refractivity contribution >= 4 is 21.6 Å². The molecule has 0 aromatic heterocycles. The average molecular weight is 390 g/mol. The highest BCUT2D eigenvalue weighted by molar-refractivity contribution is 7.92. The number of rotatable bonds is 5. The van der Waals surface area contributed by atoms with Gasteiger partial charge in [-0.3, -0.25) is 10.1 Å². The molecule has 1 rings (SSSR count). The van der Waals surface area contributed by atoms with Crippen LogP contribution in [0, 0.1) is 15.9 Å². The van der Waals surface area contributed by atoms with Crippen molar-refractivity contribution in [3.05, 3.63) is 33.6 Å². The Morgan fingerprint density at radius 3 is 2.31 bits per heavy atom. The van der Waals surface area contributed by atoms with Gasteiger partial charge in [0.05, 0.1) is 22.8 Å². The summed E-state index contributed by atoms with van der Waals surface area (Å²) < 4.78 is 44.6. The highest BCUT2D eigenvalue weighted by Gasteiger charge is 2.31. The predicted molar refractivity (Wildman–Crippen MR) is 93.1 cm³/mol. The summed E-state index contributed by atoms with van der Waals surface area (Å²) in [6, 6.07) is 1.52. The molecule has 1 amide bonds. The topological polar surface area (TPSA) is 107 Å². The molecule has 8 nitrogen and oxygen atoms in total. The van der Waals surface area contributed by atoms with E-state index in [0.29, 0.717) is 6.07 Å². The molecule has 0 radical (unpaired) electrons. The monoisotopic (exact) mass is 390 g/mol. The van der Waals surface area contributed by atoms with E-state index in [1.807, 2.05) is 0 Å². The van der Waals surface area contributed by atoms with Crippen LogP contribution in [0.1, 0.15) is 40.2 Å². The first kappa shape index (κ1) is 21.8. The van der Waals surface area contributed by atoms with Crippen molar-refractivity contribution in [3.63, 3.8) is 0 Å². The molecule has 0 atom stereocenters. The molecule has 0 aliphatic heterocycles. The summed E-state index contributed by atoms with van der Waals surface area (Å²) in [5, 5.41) is 10.1. The van der Waals surface area contributed by atoms with Crippen LogP contribution in [0.5, 0.6) is 0 Å². The van der Waals surface area contributed by atoms with E-state index in [4.69, 9.17) is 4.74 Å². The summed E-state index contributed by atoms with van der Waals surface area (Å²) in [7, 11) is -2.73. The third-order valence-electron chi connectivity index (χ3n) is 3.33. The number of benzene rings is 1. The lowest BCUT2D eigenvalue weighted by Gasteiger charge is -2.25. The number of carbonyl (C=O) groups is 1. The van der Waals surface area contributed by atoms with Crippen molar-refractivity contribution in [2.24, 2.45) is 0 Å². The number of nitro benzene ring substituents is 1. The summed E-state index contributed by atoms with van der Waals surface area (Å²) in [5.41, 5.74) is -1.57. The molecule has 1 aromatic carbocycles. The van der Waals surface area contributed by atoms with Gasteiger partial charge in [0.25, 0.3) is 5.69 Å². The smallest absolute Gasteiger partial charge is 0.410 e. The zero-order valence-electron chi connectivity index (χ0n) is 15.6. The van der Waals surface area contributed by atoms with Gasteiger partial charge in [0, 0.05) is 18.7 Å². The molecule has 26 heavy (non-hydrogen) atoms. The van der Waals surface area contributed by atoms with E-state index in [1.54, 1.807) is 20.8 Å².